The average Bonchev–Trinajstić information content (AvgIpc) is 2.42. The molecule has 0 aliphatic heterocycles. The quantitative estimate of drug-likeness (QED) is 0.889. The number of hydrogen-bond donors (Lipinski definition) is 2. The Labute approximate surface area is 130 Å². The normalized spacial score (nSPS) is 11.1. The van der Waals surface area contributed by atoms with Crippen LogP contribution in [0.25, 0.3) is 5.69 Å². The fourth-order valence-corrected chi connectivity index (χ4v) is 2.39. The standard InChI is InChI=1S/C17H23N3O2/c1-11(2)9-18-10-14-15(21)8-16(22)20(19-14)17-12(3)6-5-7-13(17)4/h5-8,11,18,21H,9-10H2,1-4H3. The van der Waals surface area contributed by atoms with Gasteiger partial charge >= 0.3 is 0 Å². The van der Waals surface area contributed by atoms with Crippen molar-refractivity contribution < 1.29 is 5.11 Å². The van der Waals surface area contributed by atoms with E-state index in [9.17, 15) is 9.90 Å². The molecule has 5 nitrogen and oxygen atoms in total. The van der Waals surface area contributed by atoms with Gasteiger partial charge in [-0.15, -0.1) is 0 Å². The van der Waals surface area contributed by atoms with E-state index in [-0.39, 0.29) is 11.3 Å². The summed E-state index contributed by atoms with van der Waals surface area (Å²) in [7, 11) is 0. The molecule has 0 radical (unpaired) electrons. The third-order valence-corrected chi connectivity index (χ3v) is 3.48. The number of aromatic hydroxyl groups is 1. The summed E-state index contributed by atoms with van der Waals surface area (Å²) in [6, 6.07) is 7.07. The minimum Gasteiger partial charge on any atom is -0.506 e. The van der Waals surface area contributed by atoms with Gasteiger partial charge in [0.1, 0.15) is 11.4 Å². The van der Waals surface area contributed by atoms with Crippen LogP contribution in [0.4, 0.5) is 0 Å². The van der Waals surface area contributed by atoms with Crippen molar-refractivity contribution in [2.45, 2.75) is 34.2 Å². The first-order chi connectivity index (χ1) is 10.4. The molecule has 2 rings (SSSR count). The Hall–Kier alpha value is -2.14. The highest BCUT2D eigenvalue weighted by Crippen LogP contribution is 2.18. The molecule has 1 aromatic heterocycles. The molecule has 2 N–H and O–H groups in total. The van der Waals surface area contributed by atoms with Crippen molar-refractivity contribution in [1.82, 2.24) is 15.1 Å². The van der Waals surface area contributed by atoms with Crippen LogP contribution in [0.3, 0.4) is 0 Å². The first-order valence-electron chi connectivity index (χ1n) is 7.49. The summed E-state index contributed by atoms with van der Waals surface area (Å²) >= 11 is 0. The van der Waals surface area contributed by atoms with Crippen molar-refractivity contribution in [2.24, 2.45) is 5.92 Å². The number of nitrogens with zero attached hydrogens (tertiary/aromatic N) is 2. The molecular weight excluding hydrogens is 278 g/mol. The number of hydrogen-bond acceptors (Lipinski definition) is 4. The third-order valence-electron chi connectivity index (χ3n) is 3.48. The Balaban J connectivity index is 2.42. The fourth-order valence-electron chi connectivity index (χ4n) is 2.39. The third kappa shape index (κ3) is 3.54. The summed E-state index contributed by atoms with van der Waals surface area (Å²) in [6.45, 7) is 9.36. The second-order valence-electron chi connectivity index (χ2n) is 5.99. The van der Waals surface area contributed by atoms with E-state index in [1.807, 2.05) is 32.0 Å². The smallest absolute Gasteiger partial charge is 0.275 e. The van der Waals surface area contributed by atoms with E-state index >= 15 is 0 Å². The van der Waals surface area contributed by atoms with Crippen LogP contribution < -0.4 is 10.9 Å². The van der Waals surface area contributed by atoms with Gasteiger partial charge in [0, 0.05) is 12.6 Å². The number of rotatable bonds is 5. The van der Waals surface area contributed by atoms with Crippen LogP contribution in [-0.4, -0.2) is 21.4 Å². The summed E-state index contributed by atoms with van der Waals surface area (Å²) in [5, 5.41) is 17.5. The van der Waals surface area contributed by atoms with E-state index < -0.39 is 0 Å². The molecule has 0 fully saturated rings. The second kappa shape index (κ2) is 6.75. The Bertz CT molecular complexity index is 700. The van der Waals surface area contributed by atoms with E-state index in [2.05, 4.69) is 24.3 Å². The fraction of sp³-hybridized carbons (Fsp3) is 0.412. The lowest BCUT2D eigenvalue weighted by atomic mass is 10.1. The van der Waals surface area contributed by atoms with Crippen LogP contribution in [0, 0.1) is 19.8 Å². The molecule has 0 bridgehead atoms. The lowest BCUT2D eigenvalue weighted by Gasteiger charge is -2.14. The lowest BCUT2D eigenvalue weighted by Crippen LogP contribution is -2.26. The van der Waals surface area contributed by atoms with Crippen molar-refractivity contribution in [3.8, 4) is 11.4 Å². The molecule has 2 aromatic rings. The second-order valence-corrected chi connectivity index (χ2v) is 5.99. The van der Waals surface area contributed by atoms with Gasteiger partial charge in [0.15, 0.2) is 0 Å². The predicted octanol–water partition coefficient (Wildman–Crippen LogP) is 2.30. The summed E-state index contributed by atoms with van der Waals surface area (Å²) < 4.78 is 1.37. The van der Waals surface area contributed by atoms with Crippen LogP contribution in [0.15, 0.2) is 29.1 Å². The van der Waals surface area contributed by atoms with Gasteiger partial charge in [-0.2, -0.15) is 9.78 Å². The molecule has 1 heterocycles. The van der Waals surface area contributed by atoms with Gasteiger partial charge in [-0.25, -0.2) is 0 Å². The van der Waals surface area contributed by atoms with Crippen molar-refractivity contribution in [2.75, 3.05) is 6.54 Å². The van der Waals surface area contributed by atoms with Gasteiger partial charge in [0.25, 0.3) is 5.56 Å². The van der Waals surface area contributed by atoms with E-state index in [1.165, 1.54) is 10.7 Å². The summed E-state index contributed by atoms with van der Waals surface area (Å²) in [4.78, 5) is 12.2. The maximum Gasteiger partial charge on any atom is 0.275 e. The maximum atomic E-state index is 12.2. The minimum atomic E-state index is -0.331. The van der Waals surface area contributed by atoms with Gasteiger partial charge in [-0.3, -0.25) is 4.79 Å². The zero-order valence-corrected chi connectivity index (χ0v) is 13.6. The van der Waals surface area contributed by atoms with E-state index in [1.54, 1.807) is 0 Å². The van der Waals surface area contributed by atoms with Crippen molar-refractivity contribution in [3.63, 3.8) is 0 Å². The summed E-state index contributed by atoms with van der Waals surface area (Å²) in [5.41, 5.74) is 2.87. The van der Waals surface area contributed by atoms with Crippen molar-refractivity contribution in [3.05, 3.63) is 51.4 Å². The highest BCUT2D eigenvalue weighted by molar-refractivity contribution is 5.46. The topological polar surface area (TPSA) is 67.2 Å². The number of nitrogens with one attached hydrogen (secondary N) is 1. The number of para-hydroxylation sites is 1. The minimum absolute atomic E-state index is 0.0660. The number of aromatic nitrogens is 2. The maximum absolute atomic E-state index is 12.2. The zero-order valence-electron chi connectivity index (χ0n) is 13.6. The van der Waals surface area contributed by atoms with Gasteiger partial charge in [0.05, 0.1) is 5.69 Å². The van der Waals surface area contributed by atoms with Gasteiger partial charge in [-0.05, 0) is 37.4 Å². The first-order valence-corrected chi connectivity index (χ1v) is 7.49. The molecule has 0 saturated heterocycles. The Morgan fingerprint density at radius 2 is 1.91 bits per heavy atom. The molecule has 0 saturated carbocycles. The van der Waals surface area contributed by atoms with E-state index in [0.717, 1.165) is 23.4 Å². The first kappa shape index (κ1) is 16.2. The number of benzene rings is 1. The lowest BCUT2D eigenvalue weighted by molar-refractivity contribution is 0.447. The summed E-state index contributed by atoms with van der Waals surface area (Å²) in [6.07, 6.45) is 0. The Morgan fingerprint density at radius 1 is 1.27 bits per heavy atom. The Morgan fingerprint density at radius 3 is 2.50 bits per heavy atom. The summed E-state index contributed by atoms with van der Waals surface area (Å²) in [5.74, 6) is 0.440. The molecule has 0 spiro atoms. The number of aryl methyl sites for hydroxylation is 2. The molecule has 5 heteroatoms. The zero-order chi connectivity index (χ0) is 16.3. The van der Waals surface area contributed by atoms with Gasteiger partial charge < -0.3 is 10.4 Å². The monoisotopic (exact) mass is 301 g/mol. The molecule has 0 aliphatic rings. The molecule has 22 heavy (non-hydrogen) atoms. The largest absolute Gasteiger partial charge is 0.506 e. The SMILES string of the molecule is Cc1cccc(C)c1-n1nc(CNCC(C)C)c(O)cc1=O. The Kier molecular flexibility index (Phi) is 4.98. The highest BCUT2D eigenvalue weighted by Gasteiger charge is 2.12. The molecule has 118 valence electrons. The molecule has 0 atom stereocenters. The van der Waals surface area contributed by atoms with Crippen molar-refractivity contribution >= 4 is 0 Å². The van der Waals surface area contributed by atoms with Crippen LogP contribution in [0.2, 0.25) is 0 Å². The predicted molar refractivity (Wildman–Crippen MR) is 87.5 cm³/mol. The van der Waals surface area contributed by atoms with Gasteiger partial charge in [0.2, 0.25) is 0 Å². The van der Waals surface area contributed by atoms with Crippen LogP contribution in [-0.2, 0) is 6.54 Å². The molecule has 1 aromatic carbocycles. The van der Waals surface area contributed by atoms with E-state index in [4.69, 9.17) is 0 Å². The highest BCUT2D eigenvalue weighted by atomic mass is 16.3. The van der Waals surface area contributed by atoms with Crippen LogP contribution in [0.1, 0.15) is 30.7 Å². The molecular formula is C17H23N3O2. The van der Waals surface area contributed by atoms with Crippen LogP contribution >= 0.6 is 0 Å². The van der Waals surface area contributed by atoms with Gasteiger partial charge in [-0.1, -0.05) is 32.0 Å². The molecule has 0 aliphatic carbocycles. The van der Waals surface area contributed by atoms with Crippen molar-refractivity contribution in [1.29, 1.82) is 0 Å². The van der Waals surface area contributed by atoms with E-state index in [0.29, 0.717) is 18.2 Å². The average molecular weight is 301 g/mol. The van der Waals surface area contributed by atoms with Crippen LogP contribution in [0.5, 0.6) is 5.75 Å². The molecule has 0 amide bonds. The molecule has 0 unspecified atom stereocenters.